The van der Waals surface area contributed by atoms with E-state index in [9.17, 15) is 18.8 Å². The van der Waals surface area contributed by atoms with Crippen LogP contribution in [0.5, 0.6) is 5.75 Å². The number of fused-ring (bicyclic) bond motifs is 3. The Hall–Kier alpha value is -3.46. The van der Waals surface area contributed by atoms with Gasteiger partial charge in [0, 0.05) is 44.2 Å². The molecular formula is C25H29FN4O4. The van der Waals surface area contributed by atoms with Crippen LogP contribution in [-0.2, 0) is 16.1 Å². The summed E-state index contributed by atoms with van der Waals surface area (Å²) in [6, 6.07) is 11.5. The van der Waals surface area contributed by atoms with Gasteiger partial charge in [0.25, 0.3) is 5.91 Å². The van der Waals surface area contributed by atoms with Gasteiger partial charge < -0.3 is 20.7 Å². The van der Waals surface area contributed by atoms with Crippen molar-refractivity contribution in [2.24, 2.45) is 0 Å². The maximum absolute atomic E-state index is 13.8. The van der Waals surface area contributed by atoms with Crippen LogP contribution in [0, 0.1) is 5.82 Å². The SMILES string of the molecule is CC(=O)Nc1ccc(CN2[C@@H]3CC[C@H]2CC(=O)NCCOc2ccc(F)cc2C(=O)NC3)cc1. The number of ether oxygens (including phenoxy) is 1. The summed E-state index contributed by atoms with van der Waals surface area (Å²) < 4.78 is 19.5. The molecule has 0 aliphatic carbocycles. The highest BCUT2D eigenvalue weighted by Gasteiger charge is 2.35. The molecule has 180 valence electrons. The van der Waals surface area contributed by atoms with E-state index >= 15 is 0 Å². The Morgan fingerprint density at radius 2 is 1.88 bits per heavy atom. The van der Waals surface area contributed by atoms with Gasteiger partial charge >= 0.3 is 0 Å². The van der Waals surface area contributed by atoms with Gasteiger partial charge in [0.1, 0.15) is 18.2 Å². The number of rotatable bonds is 3. The molecule has 1 saturated heterocycles. The summed E-state index contributed by atoms with van der Waals surface area (Å²) in [6.45, 7) is 2.90. The fourth-order valence-corrected chi connectivity index (χ4v) is 4.57. The lowest BCUT2D eigenvalue weighted by Crippen LogP contribution is -2.44. The van der Waals surface area contributed by atoms with Crippen molar-refractivity contribution in [3.8, 4) is 5.75 Å². The minimum Gasteiger partial charge on any atom is -0.491 e. The second-order valence-electron chi connectivity index (χ2n) is 8.69. The van der Waals surface area contributed by atoms with Gasteiger partial charge in [0.2, 0.25) is 11.8 Å². The van der Waals surface area contributed by atoms with E-state index in [-0.39, 0.29) is 48.4 Å². The third kappa shape index (κ3) is 5.91. The minimum atomic E-state index is -0.516. The van der Waals surface area contributed by atoms with Crippen molar-refractivity contribution in [1.29, 1.82) is 0 Å². The molecule has 2 aliphatic rings. The number of anilines is 1. The number of nitrogens with one attached hydrogen (secondary N) is 3. The molecular weight excluding hydrogens is 439 g/mol. The predicted molar refractivity (Wildman–Crippen MR) is 125 cm³/mol. The standard InChI is InChI=1S/C25H29FN4O4/c1-16(31)29-19-5-2-17(3-6-19)15-30-20-7-8-21(30)14-28-25(33)22-12-18(26)4-9-23(22)34-11-10-27-24(32)13-20/h2-6,9,12,20-21H,7-8,10-11,13-15H2,1H3,(H,27,32)(H,28,33)(H,29,31)/t20-,21+/m0/s1. The van der Waals surface area contributed by atoms with E-state index in [4.69, 9.17) is 4.74 Å². The Labute approximate surface area is 197 Å². The lowest BCUT2D eigenvalue weighted by Gasteiger charge is -2.30. The number of halogens is 1. The fraction of sp³-hybridized carbons (Fsp3) is 0.400. The molecule has 2 aromatic rings. The molecule has 0 radical (unpaired) electrons. The van der Waals surface area contributed by atoms with Gasteiger partial charge in [-0.2, -0.15) is 0 Å². The second kappa shape index (κ2) is 10.6. The van der Waals surface area contributed by atoms with Gasteiger partial charge in [-0.3, -0.25) is 19.3 Å². The van der Waals surface area contributed by atoms with Gasteiger partial charge in [-0.05, 0) is 48.7 Å². The first-order chi connectivity index (χ1) is 16.4. The van der Waals surface area contributed by atoms with Crippen LogP contribution in [0.25, 0.3) is 0 Å². The quantitative estimate of drug-likeness (QED) is 0.643. The van der Waals surface area contributed by atoms with E-state index in [0.717, 1.165) is 24.1 Å². The summed E-state index contributed by atoms with van der Waals surface area (Å²) in [5, 5.41) is 8.56. The Morgan fingerprint density at radius 1 is 1.12 bits per heavy atom. The average Bonchev–Trinajstić information content (AvgIpc) is 3.17. The molecule has 8 nitrogen and oxygen atoms in total. The average molecular weight is 469 g/mol. The highest BCUT2D eigenvalue weighted by Crippen LogP contribution is 2.29. The van der Waals surface area contributed by atoms with Crippen molar-refractivity contribution < 1.29 is 23.5 Å². The Balaban J connectivity index is 1.53. The normalized spacial score (nSPS) is 21.5. The van der Waals surface area contributed by atoms with Gasteiger partial charge in [0.05, 0.1) is 12.1 Å². The van der Waals surface area contributed by atoms with E-state index in [1.165, 1.54) is 25.1 Å². The van der Waals surface area contributed by atoms with Crippen LogP contribution >= 0.6 is 0 Å². The molecule has 0 aromatic heterocycles. The summed E-state index contributed by atoms with van der Waals surface area (Å²) in [4.78, 5) is 39.0. The first-order valence-electron chi connectivity index (χ1n) is 11.5. The molecule has 2 atom stereocenters. The number of benzene rings is 2. The highest BCUT2D eigenvalue weighted by molar-refractivity contribution is 5.97. The fourth-order valence-electron chi connectivity index (χ4n) is 4.57. The van der Waals surface area contributed by atoms with Crippen molar-refractivity contribution >= 4 is 23.4 Å². The summed E-state index contributed by atoms with van der Waals surface area (Å²) >= 11 is 0. The first kappa shape index (κ1) is 23.7. The number of nitrogens with zero attached hydrogens (tertiary/aromatic N) is 1. The Bertz CT molecular complexity index is 1060. The molecule has 2 heterocycles. The zero-order chi connectivity index (χ0) is 24.1. The molecule has 1 fully saturated rings. The largest absolute Gasteiger partial charge is 0.491 e. The number of hydrogen-bond donors (Lipinski definition) is 3. The Kier molecular flexibility index (Phi) is 7.42. The van der Waals surface area contributed by atoms with E-state index in [2.05, 4.69) is 20.9 Å². The minimum absolute atomic E-state index is 0.0256. The smallest absolute Gasteiger partial charge is 0.255 e. The van der Waals surface area contributed by atoms with Crippen LogP contribution in [0.1, 0.15) is 42.1 Å². The molecule has 2 aliphatic heterocycles. The number of hydrogen-bond acceptors (Lipinski definition) is 5. The van der Waals surface area contributed by atoms with E-state index in [1.807, 2.05) is 24.3 Å². The maximum Gasteiger partial charge on any atom is 0.255 e. The zero-order valence-electron chi connectivity index (χ0n) is 19.1. The molecule has 9 heteroatoms. The third-order valence-corrected chi connectivity index (χ3v) is 6.20. The monoisotopic (exact) mass is 468 g/mol. The first-order valence-corrected chi connectivity index (χ1v) is 11.5. The lowest BCUT2D eigenvalue weighted by atomic mass is 10.1. The van der Waals surface area contributed by atoms with Crippen LogP contribution in [0.4, 0.5) is 10.1 Å². The number of amides is 3. The van der Waals surface area contributed by atoms with Crippen molar-refractivity contribution in [1.82, 2.24) is 15.5 Å². The molecule has 0 unspecified atom stereocenters. The summed E-state index contributed by atoms with van der Waals surface area (Å²) in [5.41, 5.74) is 1.90. The molecule has 3 amide bonds. The molecule has 4 rings (SSSR count). The van der Waals surface area contributed by atoms with Gasteiger partial charge in [0.15, 0.2) is 0 Å². The third-order valence-electron chi connectivity index (χ3n) is 6.20. The van der Waals surface area contributed by atoms with Gasteiger partial charge in [-0.25, -0.2) is 4.39 Å². The molecule has 2 bridgehead atoms. The Morgan fingerprint density at radius 3 is 2.65 bits per heavy atom. The summed E-state index contributed by atoms with van der Waals surface area (Å²) in [5.74, 6) is -0.809. The van der Waals surface area contributed by atoms with Crippen molar-refractivity contribution in [2.75, 3.05) is 25.0 Å². The highest BCUT2D eigenvalue weighted by atomic mass is 19.1. The van der Waals surface area contributed by atoms with Crippen LogP contribution in [-0.4, -0.2) is 54.4 Å². The summed E-state index contributed by atoms with van der Waals surface area (Å²) in [7, 11) is 0. The zero-order valence-corrected chi connectivity index (χ0v) is 19.1. The lowest BCUT2D eigenvalue weighted by molar-refractivity contribution is -0.122. The molecule has 0 spiro atoms. The molecule has 3 N–H and O–H groups in total. The van der Waals surface area contributed by atoms with E-state index < -0.39 is 11.7 Å². The van der Waals surface area contributed by atoms with E-state index in [1.54, 1.807) is 0 Å². The summed E-state index contributed by atoms with van der Waals surface area (Å²) in [6.07, 6.45) is 2.02. The van der Waals surface area contributed by atoms with Crippen molar-refractivity contribution in [2.45, 2.75) is 44.8 Å². The number of carbonyl (C=O) groups is 3. The van der Waals surface area contributed by atoms with Crippen LogP contribution in [0.15, 0.2) is 42.5 Å². The molecule has 0 saturated carbocycles. The maximum atomic E-state index is 13.8. The van der Waals surface area contributed by atoms with Crippen LogP contribution in [0.2, 0.25) is 0 Å². The van der Waals surface area contributed by atoms with Crippen LogP contribution < -0.4 is 20.7 Å². The van der Waals surface area contributed by atoms with Crippen molar-refractivity contribution in [3.63, 3.8) is 0 Å². The predicted octanol–water partition coefficient (Wildman–Crippen LogP) is 2.45. The molecule has 2 aromatic carbocycles. The van der Waals surface area contributed by atoms with Crippen LogP contribution in [0.3, 0.4) is 0 Å². The van der Waals surface area contributed by atoms with Crippen molar-refractivity contribution in [3.05, 3.63) is 59.4 Å². The second-order valence-corrected chi connectivity index (χ2v) is 8.69. The molecule has 34 heavy (non-hydrogen) atoms. The van der Waals surface area contributed by atoms with E-state index in [0.29, 0.717) is 19.5 Å². The topological polar surface area (TPSA) is 99.8 Å². The van der Waals surface area contributed by atoms with Gasteiger partial charge in [-0.15, -0.1) is 0 Å². The van der Waals surface area contributed by atoms with Gasteiger partial charge in [-0.1, -0.05) is 12.1 Å². The number of carbonyl (C=O) groups excluding carboxylic acids is 3.